The highest BCUT2D eigenvalue weighted by Gasteiger charge is 2.14. The van der Waals surface area contributed by atoms with Gasteiger partial charge in [-0.3, -0.25) is 4.79 Å². The molecular weight excluding hydrogens is 257 g/mol. The largest absolute Gasteiger partial charge is 0.378 e. The molecule has 0 aliphatic carbocycles. The number of nitrogens with one attached hydrogen (secondary N) is 1. The highest BCUT2D eigenvalue weighted by molar-refractivity contribution is 14.1. The lowest BCUT2D eigenvalue weighted by Gasteiger charge is -2.07. The zero-order valence-corrected chi connectivity index (χ0v) is 8.46. The molecule has 1 rings (SSSR count). The van der Waals surface area contributed by atoms with Crippen LogP contribution >= 0.6 is 22.6 Å². The van der Waals surface area contributed by atoms with Crippen LogP contribution in [0.1, 0.15) is 19.3 Å². The number of ether oxygens (including phenoxy) is 1. The minimum Gasteiger partial charge on any atom is -0.378 e. The Morgan fingerprint density at radius 3 is 3.09 bits per heavy atom. The Morgan fingerprint density at radius 2 is 2.55 bits per heavy atom. The molecule has 1 aliphatic heterocycles. The Balaban J connectivity index is 1.98. The lowest BCUT2D eigenvalue weighted by molar-refractivity contribution is 0.105. The third kappa shape index (κ3) is 3.91. The van der Waals surface area contributed by atoms with E-state index in [1.807, 2.05) is 0 Å². The summed E-state index contributed by atoms with van der Waals surface area (Å²) in [5.41, 5.74) is 0. The molecule has 0 radical (unpaired) electrons. The molecular formula is C7H12INO2. The fourth-order valence-corrected chi connectivity index (χ4v) is 1.47. The zero-order chi connectivity index (χ0) is 8.10. The Labute approximate surface area is 80.0 Å². The number of carbonyl (C=O) groups is 1. The van der Waals surface area contributed by atoms with Gasteiger partial charge >= 0.3 is 0 Å². The van der Waals surface area contributed by atoms with Crippen molar-refractivity contribution in [3.8, 4) is 0 Å². The predicted octanol–water partition coefficient (Wildman–Crippen LogP) is 1.70. The van der Waals surface area contributed by atoms with Gasteiger partial charge in [0.1, 0.15) is 0 Å². The van der Waals surface area contributed by atoms with Gasteiger partial charge < -0.3 is 10.1 Å². The van der Waals surface area contributed by atoms with Crippen molar-refractivity contribution in [1.29, 1.82) is 0 Å². The average Bonchev–Trinajstić information content (AvgIpc) is 2.39. The maximum atomic E-state index is 10.5. The molecule has 0 spiro atoms. The summed E-state index contributed by atoms with van der Waals surface area (Å²) in [5, 5.41) is 2.74. The zero-order valence-electron chi connectivity index (χ0n) is 6.31. The van der Waals surface area contributed by atoms with Crippen molar-refractivity contribution >= 4 is 26.5 Å². The Kier molecular flexibility index (Phi) is 4.14. The molecule has 0 aromatic heterocycles. The van der Waals surface area contributed by atoms with E-state index in [9.17, 15) is 4.79 Å². The molecule has 1 heterocycles. The number of hydrogen-bond donors (Lipinski definition) is 1. The molecule has 0 aromatic rings. The molecule has 4 heteroatoms. The van der Waals surface area contributed by atoms with Crippen LogP contribution in [0.2, 0.25) is 0 Å². The highest BCUT2D eigenvalue weighted by Crippen LogP contribution is 2.14. The normalized spacial score (nSPS) is 23.5. The van der Waals surface area contributed by atoms with E-state index in [0.717, 1.165) is 26.0 Å². The number of carbonyl (C=O) groups excluding carboxylic acids is 1. The highest BCUT2D eigenvalue weighted by atomic mass is 127. The molecule has 1 amide bonds. The predicted molar refractivity (Wildman–Crippen MR) is 51.0 cm³/mol. The SMILES string of the molecule is O=C(I)NCCC1CCCO1. The summed E-state index contributed by atoms with van der Waals surface area (Å²) in [6, 6.07) is 0. The van der Waals surface area contributed by atoms with Crippen LogP contribution < -0.4 is 5.32 Å². The van der Waals surface area contributed by atoms with Crippen LogP contribution in [-0.4, -0.2) is 23.2 Å². The molecule has 1 aliphatic rings. The molecule has 0 bridgehead atoms. The maximum Gasteiger partial charge on any atom is 0.280 e. The van der Waals surface area contributed by atoms with E-state index in [2.05, 4.69) is 5.32 Å². The lowest BCUT2D eigenvalue weighted by Crippen LogP contribution is -2.21. The number of amides is 1. The van der Waals surface area contributed by atoms with Crippen molar-refractivity contribution in [3.63, 3.8) is 0 Å². The monoisotopic (exact) mass is 269 g/mol. The van der Waals surface area contributed by atoms with Gasteiger partial charge in [0, 0.05) is 35.7 Å². The molecule has 3 nitrogen and oxygen atoms in total. The van der Waals surface area contributed by atoms with E-state index < -0.39 is 0 Å². The first kappa shape index (κ1) is 9.25. The smallest absolute Gasteiger partial charge is 0.280 e. The third-order valence-electron chi connectivity index (χ3n) is 1.75. The number of rotatable bonds is 3. The molecule has 0 saturated carbocycles. The van der Waals surface area contributed by atoms with E-state index in [0.29, 0.717) is 6.10 Å². The second-order valence-electron chi connectivity index (χ2n) is 2.62. The van der Waals surface area contributed by atoms with Crippen molar-refractivity contribution in [2.24, 2.45) is 0 Å². The van der Waals surface area contributed by atoms with Gasteiger partial charge in [-0.25, -0.2) is 0 Å². The quantitative estimate of drug-likeness (QED) is 0.481. The summed E-state index contributed by atoms with van der Waals surface area (Å²) in [6.07, 6.45) is 3.66. The van der Waals surface area contributed by atoms with Crippen LogP contribution in [0.15, 0.2) is 0 Å². The van der Waals surface area contributed by atoms with Gasteiger partial charge in [0.05, 0.1) is 6.10 Å². The van der Waals surface area contributed by atoms with Crippen molar-refractivity contribution in [2.45, 2.75) is 25.4 Å². The summed E-state index contributed by atoms with van der Waals surface area (Å²) in [7, 11) is 0. The fraction of sp³-hybridized carbons (Fsp3) is 0.857. The summed E-state index contributed by atoms with van der Waals surface area (Å²) >= 11 is 1.74. The minimum atomic E-state index is 0.0144. The van der Waals surface area contributed by atoms with E-state index in [-0.39, 0.29) is 3.91 Å². The van der Waals surface area contributed by atoms with Crippen molar-refractivity contribution in [2.75, 3.05) is 13.2 Å². The summed E-state index contributed by atoms with van der Waals surface area (Å²) in [4.78, 5) is 10.5. The molecule has 1 atom stereocenters. The van der Waals surface area contributed by atoms with E-state index in [1.165, 1.54) is 6.42 Å². The molecule has 1 fully saturated rings. The first-order chi connectivity index (χ1) is 5.29. The van der Waals surface area contributed by atoms with Gasteiger partial charge in [-0.05, 0) is 19.3 Å². The Morgan fingerprint density at radius 1 is 1.73 bits per heavy atom. The third-order valence-corrected chi connectivity index (χ3v) is 2.14. The second-order valence-corrected chi connectivity index (χ2v) is 3.60. The van der Waals surface area contributed by atoms with Gasteiger partial charge in [0.15, 0.2) is 0 Å². The van der Waals surface area contributed by atoms with Crippen molar-refractivity contribution < 1.29 is 9.53 Å². The van der Waals surface area contributed by atoms with Gasteiger partial charge in [0.2, 0.25) is 0 Å². The lowest BCUT2D eigenvalue weighted by atomic mass is 10.2. The van der Waals surface area contributed by atoms with Gasteiger partial charge in [-0.2, -0.15) is 0 Å². The molecule has 1 saturated heterocycles. The second kappa shape index (κ2) is 4.92. The molecule has 1 N–H and O–H groups in total. The fourth-order valence-electron chi connectivity index (χ4n) is 1.20. The standard InChI is InChI=1S/C7H12INO2/c8-7(10)9-4-3-6-2-1-5-11-6/h6H,1-5H2,(H,9,10). The maximum absolute atomic E-state index is 10.5. The molecule has 0 aromatic carbocycles. The summed E-state index contributed by atoms with van der Waals surface area (Å²) in [5.74, 6) is 0. The van der Waals surface area contributed by atoms with E-state index in [4.69, 9.17) is 4.74 Å². The van der Waals surface area contributed by atoms with Gasteiger partial charge in [-0.1, -0.05) is 0 Å². The molecule has 11 heavy (non-hydrogen) atoms. The van der Waals surface area contributed by atoms with Crippen LogP contribution in [-0.2, 0) is 4.74 Å². The topological polar surface area (TPSA) is 38.3 Å². The van der Waals surface area contributed by atoms with E-state index >= 15 is 0 Å². The number of halogens is 1. The molecule has 64 valence electrons. The first-order valence-corrected chi connectivity index (χ1v) is 4.92. The van der Waals surface area contributed by atoms with Gasteiger partial charge in [0.25, 0.3) is 3.91 Å². The minimum absolute atomic E-state index is 0.0144. The van der Waals surface area contributed by atoms with Crippen LogP contribution in [0.5, 0.6) is 0 Å². The van der Waals surface area contributed by atoms with Crippen LogP contribution in [0.4, 0.5) is 4.79 Å². The van der Waals surface area contributed by atoms with Crippen LogP contribution in [0.25, 0.3) is 0 Å². The molecule has 1 unspecified atom stereocenters. The Hall–Kier alpha value is 0.160. The summed E-state index contributed by atoms with van der Waals surface area (Å²) < 4.78 is 5.40. The van der Waals surface area contributed by atoms with Gasteiger partial charge in [-0.15, -0.1) is 0 Å². The number of hydrogen-bond acceptors (Lipinski definition) is 2. The van der Waals surface area contributed by atoms with E-state index in [1.54, 1.807) is 22.6 Å². The Bertz CT molecular complexity index is 134. The van der Waals surface area contributed by atoms with Crippen LogP contribution in [0, 0.1) is 0 Å². The van der Waals surface area contributed by atoms with Crippen LogP contribution in [0.3, 0.4) is 0 Å². The first-order valence-electron chi connectivity index (χ1n) is 3.84. The summed E-state index contributed by atoms with van der Waals surface area (Å²) in [6.45, 7) is 1.63. The van der Waals surface area contributed by atoms with Crippen molar-refractivity contribution in [3.05, 3.63) is 0 Å². The van der Waals surface area contributed by atoms with Crippen molar-refractivity contribution in [1.82, 2.24) is 5.32 Å². The average molecular weight is 269 g/mol.